The minimum absolute atomic E-state index is 0.264. The van der Waals surface area contributed by atoms with Crippen molar-refractivity contribution in [2.24, 2.45) is 13.5 Å². The van der Waals surface area contributed by atoms with Crippen molar-refractivity contribution in [2.75, 3.05) is 0 Å². The van der Waals surface area contributed by atoms with Gasteiger partial charge in [-0.1, -0.05) is 68.1 Å². The maximum absolute atomic E-state index is 9.51. The molecule has 7 rings (SSSR count). The third-order valence-electron chi connectivity index (χ3n) is 7.20. The van der Waals surface area contributed by atoms with Crippen LogP contribution < -0.4 is 27.1 Å². The molecule has 0 amide bonds. The predicted molar refractivity (Wildman–Crippen MR) is 205 cm³/mol. The van der Waals surface area contributed by atoms with E-state index in [1.165, 1.54) is 0 Å². The molecule has 1 heterocycles. The highest BCUT2D eigenvalue weighted by Crippen LogP contribution is 2.78. The standard InChI is InChI=1S/C39H27N6O6P3/c40-28-31-16-22-37(23-17-31)49-52(46-34-10-4-1-5-11-34)43-53(47-35-12-6-2-7-13-35,50-38-24-18-32(29-41)19-25-38)45-54(44-52,48-36-14-8-3-9-15-36)51-39-26-20-33(30-42)21-27-39/h1-27H. The summed E-state index contributed by atoms with van der Waals surface area (Å²) in [6.45, 7) is 0. The first-order chi connectivity index (χ1) is 26.4. The highest BCUT2D eigenvalue weighted by atomic mass is 31.3. The second-order valence-electron chi connectivity index (χ2n) is 11.1. The minimum Gasteiger partial charge on any atom is -0.413 e. The van der Waals surface area contributed by atoms with Crippen molar-refractivity contribution in [3.8, 4) is 52.7 Å². The molecule has 0 aliphatic carbocycles. The largest absolute Gasteiger partial charge is 0.460 e. The van der Waals surface area contributed by atoms with Crippen LogP contribution >= 0.6 is 23.0 Å². The Morgan fingerprint density at radius 1 is 0.296 bits per heavy atom. The number of para-hydroxylation sites is 3. The Morgan fingerprint density at radius 2 is 0.500 bits per heavy atom. The van der Waals surface area contributed by atoms with Gasteiger partial charge in [0, 0.05) is 0 Å². The van der Waals surface area contributed by atoms with Crippen molar-refractivity contribution in [3.05, 3.63) is 180 Å². The molecule has 6 aromatic carbocycles. The van der Waals surface area contributed by atoms with Gasteiger partial charge in [0.1, 0.15) is 34.5 Å². The first kappa shape index (κ1) is 35.7. The van der Waals surface area contributed by atoms with Crippen molar-refractivity contribution in [1.29, 1.82) is 15.8 Å². The van der Waals surface area contributed by atoms with Crippen molar-refractivity contribution >= 4 is 23.0 Å². The molecule has 0 N–H and O–H groups in total. The summed E-state index contributed by atoms with van der Waals surface area (Å²) in [5.41, 5.74) is 1.22. The molecule has 0 radical (unpaired) electrons. The molecule has 0 unspecified atom stereocenters. The molecular weight excluding hydrogens is 741 g/mol. The van der Waals surface area contributed by atoms with Crippen molar-refractivity contribution in [3.63, 3.8) is 0 Å². The van der Waals surface area contributed by atoms with E-state index in [1.54, 1.807) is 146 Å². The zero-order valence-electron chi connectivity index (χ0n) is 28.1. The summed E-state index contributed by atoms with van der Waals surface area (Å²) < 4.78 is 55.6. The van der Waals surface area contributed by atoms with Gasteiger partial charge in [0.05, 0.1) is 34.9 Å². The van der Waals surface area contributed by atoms with Crippen molar-refractivity contribution in [2.45, 2.75) is 0 Å². The van der Waals surface area contributed by atoms with Gasteiger partial charge in [-0.2, -0.15) is 15.8 Å². The van der Waals surface area contributed by atoms with Gasteiger partial charge in [-0.25, -0.2) is 0 Å². The zero-order chi connectivity index (χ0) is 37.3. The second-order valence-corrected chi connectivity index (χ2v) is 17.3. The number of rotatable bonds is 12. The summed E-state index contributed by atoms with van der Waals surface area (Å²) in [5.74, 6) is 1.84. The van der Waals surface area contributed by atoms with Crippen LogP contribution in [0.5, 0.6) is 34.5 Å². The fraction of sp³-hybridized carbons (Fsp3) is 0. The van der Waals surface area contributed by atoms with Gasteiger partial charge in [0.2, 0.25) is 0 Å². The highest BCUT2D eigenvalue weighted by Gasteiger charge is 2.49. The number of nitriles is 3. The maximum atomic E-state index is 9.51. The van der Waals surface area contributed by atoms with Gasteiger partial charge in [-0.3, -0.25) is 0 Å². The van der Waals surface area contributed by atoms with Gasteiger partial charge >= 0.3 is 23.0 Å². The summed E-state index contributed by atoms with van der Waals surface area (Å²) in [7, 11) is -12.3. The topological polar surface area (TPSA) is 164 Å². The summed E-state index contributed by atoms with van der Waals surface area (Å²) >= 11 is 0. The van der Waals surface area contributed by atoms with E-state index < -0.39 is 23.0 Å². The summed E-state index contributed by atoms with van der Waals surface area (Å²) in [4.78, 5) is 0. The molecule has 54 heavy (non-hydrogen) atoms. The van der Waals surface area contributed by atoms with Crippen LogP contribution in [0.25, 0.3) is 0 Å². The Balaban J connectivity index is 1.56. The first-order valence-electron chi connectivity index (χ1n) is 16.1. The van der Waals surface area contributed by atoms with Gasteiger partial charge in [0.15, 0.2) is 0 Å². The molecule has 0 spiro atoms. The molecule has 6 aromatic rings. The van der Waals surface area contributed by atoms with Crippen LogP contribution in [0.15, 0.2) is 177 Å². The lowest BCUT2D eigenvalue weighted by atomic mass is 10.2. The zero-order valence-corrected chi connectivity index (χ0v) is 30.7. The van der Waals surface area contributed by atoms with E-state index in [9.17, 15) is 15.8 Å². The van der Waals surface area contributed by atoms with E-state index in [0.29, 0.717) is 33.9 Å². The molecule has 0 saturated heterocycles. The normalized spacial score (nSPS) is 19.7. The summed E-state index contributed by atoms with van der Waals surface area (Å²) in [5, 5.41) is 28.5. The van der Waals surface area contributed by atoms with Crippen LogP contribution in [0, 0.1) is 34.0 Å². The van der Waals surface area contributed by atoms with Gasteiger partial charge in [-0.05, 0) is 109 Å². The SMILES string of the molecule is N#Cc1ccc(OP2(Oc3ccccc3)=NP(Oc3ccccc3)(Oc3ccc(C#N)cc3)=NP(Oc3ccccc3)(Oc3ccc(C#N)cc3)=N2)cc1. The van der Waals surface area contributed by atoms with Crippen LogP contribution in [0.3, 0.4) is 0 Å². The van der Waals surface area contributed by atoms with E-state index in [0.717, 1.165) is 0 Å². The van der Waals surface area contributed by atoms with Crippen LogP contribution in [-0.4, -0.2) is 0 Å². The summed E-state index contributed by atoms with van der Waals surface area (Å²) in [6, 6.07) is 52.0. The Morgan fingerprint density at radius 3 is 0.704 bits per heavy atom. The van der Waals surface area contributed by atoms with Gasteiger partial charge in [-0.15, -0.1) is 0 Å². The smallest absolute Gasteiger partial charge is 0.413 e. The van der Waals surface area contributed by atoms with Crippen molar-refractivity contribution < 1.29 is 27.1 Å². The van der Waals surface area contributed by atoms with Crippen LogP contribution in [0.1, 0.15) is 16.7 Å². The minimum atomic E-state index is -4.11. The van der Waals surface area contributed by atoms with Crippen LogP contribution in [-0.2, 0) is 0 Å². The Kier molecular flexibility index (Phi) is 10.5. The van der Waals surface area contributed by atoms with E-state index in [4.69, 9.17) is 40.7 Å². The highest BCUT2D eigenvalue weighted by molar-refractivity contribution is 7.79. The number of nitrogens with zero attached hydrogens (tertiary/aromatic N) is 6. The van der Waals surface area contributed by atoms with Crippen molar-refractivity contribution in [1.82, 2.24) is 0 Å². The van der Waals surface area contributed by atoms with Crippen LogP contribution in [0.4, 0.5) is 0 Å². The molecule has 0 fully saturated rings. The molecule has 264 valence electrons. The van der Waals surface area contributed by atoms with E-state index >= 15 is 0 Å². The lowest BCUT2D eigenvalue weighted by Gasteiger charge is -2.33. The third-order valence-corrected chi connectivity index (χ3v) is 15.3. The third kappa shape index (κ3) is 8.66. The Hall–Kier alpha value is -6.72. The average molecular weight is 769 g/mol. The molecule has 12 nitrogen and oxygen atoms in total. The second kappa shape index (κ2) is 15.9. The molecule has 1 aliphatic rings. The van der Waals surface area contributed by atoms with Gasteiger partial charge < -0.3 is 27.1 Å². The first-order valence-corrected chi connectivity index (χ1v) is 20.7. The van der Waals surface area contributed by atoms with Gasteiger partial charge in [0.25, 0.3) is 0 Å². The predicted octanol–water partition coefficient (Wildman–Crippen LogP) is 11.9. The summed E-state index contributed by atoms with van der Waals surface area (Å²) in [6.07, 6.45) is 0. The lowest BCUT2D eigenvalue weighted by molar-refractivity contribution is 0.443. The maximum Gasteiger partial charge on any atom is 0.460 e. The molecular formula is C39H27N6O6P3. The van der Waals surface area contributed by atoms with E-state index in [1.807, 2.05) is 18.2 Å². The fourth-order valence-electron chi connectivity index (χ4n) is 4.80. The Bertz CT molecular complexity index is 2250. The quantitative estimate of drug-likeness (QED) is 0.110. The van der Waals surface area contributed by atoms with E-state index in [-0.39, 0.29) is 17.2 Å². The average Bonchev–Trinajstić information content (AvgIpc) is 3.19. The number of benzene rings is 6. The number of hydrogen-bond donors (Lipinski definition) is 0. The van der Waals surface area contributed by atoms with Crippen LogP contribution in [0.2, 0.25) is 0 Å². The molecule has 0 atom stereocenters. The number of hydrogen-bond acceptors (Lipinski definition) is 12. The molecule has 0 bridgehead atoms. The Labute approximate surface area is 311 Å². The lowest BCUT2D eigenvalue weighted by Crippen LogP contribution is -2.11. The molecule has 0 aromatic heterocycles. The van der Waals surface area contributed by atoms with E-state index in [2.05, 4.69) is 18.2 Å². The fourth-order valence-corrected chi connectivity index (χ4v) is 13.9. The molecule has 15 heteroatoms. The monoisotopic (exact) mass is 768 g/mol. The molecule has 0 saturated carbocycles. The molecule has 1 aliphatic heterocycles.